The van der Waals surface area contributed by atoms with Crippen molar-refractivity contribution in [2.75, 3.05) is 5.88 Å². The van der Waals surface area contributed by atoms with Crippen molar-refractivity contribution in [2.45, 2.75) is 13.3 Å². The second-order valence-electron chi connectivity index (χ2n) is 6.15. The number of allylic oxidation sites excluding steroid dienone is 2. The van der Waals surface area contributed by atoms with Crippen LogP contribution in [0.1, 0.15) is 35.6 Å². The molecule has 26 heavy (non-hydrogen) atoms. The van der Waals surface area contributed by atoms with E-state index < -0.39 is 0 Å². The topological polar surface area (TPSA) is 0 Å². The summed E-state index contributed by atoms with van der Waals surface area (Å²) in [6.45, 7) is 2.04. The van der Waals surface area contributed by atoms with Crippen LogP contribution in [-0.2, 0) is 0 Å². The average molecular weight is 359 g/mol. The maximum Gasteiger partial charge on any atom is 0.0264 e. The van der Waals surface area contributed by atoms with Gasteiger partial charge in [-0.15, -0.1) is 11.6 Å². The predicted octanol–water partition coefficient (Wildman–Crippen LogP) is 7.31. The SMILES string of the molecule is CC=Cc1ccc(C(=C(CCCl)c2ccccc2)c2ccccc2)cc1. The summed E-state index contributed by atoms with van der Waals surface area (Å²) in [6.07, 6.45) is 5.00. The van der Waals surface area contributed by atoms with Crippen molar-refractivity contribution in [1.82, 2.24) is 0 Å². The molecule has 0 aliphatic carbocycles. The van der Waals surface area contributed by atoms with Gasteiger partial charge in [0.05, 0.1) is 0 Å². The maximum atomic E-state index is 6.19. The molecule has 0 heterocycles. The van der Waals surface area contributed by atoms with E-state index in [4.69, 9.17) is 11.6 Å². The smallest absolute Gasteiger partial charge is 0.0264 e. The van der Waals surface area contributed by atoms with E-state index in [1.165, 1.54) is 33.4 Å². The standard InChI is InChI=1S/C25H23Cl/c1-2-9-20-14-16-23(17-15-20)25(22-12-7-4-8-13-22)24(18-19-26)21-10-5-3-6-11-21/h2-17H,18-19H2,1H3. The highest BCUT2D eigenvalue weighted by Crippen LogP contribution is 2.34. The van der Waals surface area contributed by atoms with E-state index in [1.807, 2.05) is 6.92 Å². The third kappa shape index (κ3) is 4.33. The predicted molar refractivity (Wildman–Crippen MR) is 115 cm³/mol. The Labute approximate surface area is 161 Å². The number of hydrogen-bond acceptors (Lipinski definition) is 0. The summed E-state index contributed by atoms with van der Waals surface area (Å²) in [7, 11) is 0. The minimum atomic E-state index is 0.594. The van der Waals surface area contributed by atoms with E-state index >= 15 is 0 Å². The van der Waals surface area contributed by atoms with Gasteiger partial charge in [-0.1, -0.05) is 97.1 Å². The summed E-state index contributed by atoms with van der Waals surface area (Å²) in [4.78, 5) is 0. The lowest BCUT2D eigenvalue weighted by atomic mass is 9.88. The molecule has 0 saturated carbocycles. The van der Waals surface area contributed by atoms with Gasteiger partial charge in [-0.2, -0.15) is 0 Å². The molecule has 0 amide bonds. The van der Waals surface area contributed by atoms with Crippen LogP contribution in [0.15, 0.2) is 91.0 Å². The molecule has 3 aromatic rings. The zero-order chi connectivity index (χ0) is 18.2. The van der Waals surface area contributed by atoms with Crippen molar-refractivity contribution in [2.24, 2.45) is 0 Å². The Bertz CT molecular complexity index is 872. The second kappa shape index (κ2) is 9.22. The van der Waals surface area contributed by atoms with Crippen molar-refractivity contribution in [3.63, 3.8) is 0 Å². The van der Waals surface area contributed by atoms with Crippen LogP contribution in [0.5, 0.6) is 0 Å². The van der Waals surface area contributed by atoms with Gasteiger partial charge in [-0.3, -0.25) is 0 Å². The molecule has 0 nitrogen and oxygen atoms in total. The van der Waals surface area contributed by atoms with E-state index in [-0.39, 0.29) is 0 Å². The Morgan fingerprint density at radius 2 is 1.27 bits per heavy atom. The molecule has 130 valence electrons. The van der Waals surface area contributed by atoms with Crippen molar-refractivity contribution in [1.29, 1.82) is 0 Å². The molecule has 3 rings (SSSR count). The van der Waals surface area contributed by atoms with Gasteiger partial charge in [0.1, 0.15) is 0 Å². The lowest BCUT2D eigenvalue weighted by Crippen LogP contribution is -1.96. The third-order valence-corrected chi connectivity index (χ3v) is 4.58. The summed E-state index contributed by atoms with van der Waals surface area (Å²) < 4.78 is 0. The van der Waals surface area contributed by atoms with Crippen molar-refractivity contribution in [3.8, 4) is 0 Å². The molecule has 3 aromatic carbocycles. The first-order valence-corrected chi connectivity index (χ1v) is 9.50. The highest BCUT2D eigenvalue weighted by atomic mass is 35.5. The molecule has 0 atom stereocenters. The fraction of sp³-hybridized carbons (Fsp3) is 0.120. The summed E-state index contributed by atoms with van der Waals surface area (Å²) in [6, 6.07) is 29.9. The maximum absolute atomic E-state index is 6.19. The van der Waals surface area contributed by atoms with E-state index in [9.17, 15) is 0 Å². The lowest BCUT2D eigenvalue weighted by Gasteiger charge is -2.17. The summed E-state index contributed by atoms with van der Waals surface area (Å²) in [5, 5.41) is 0. The highest BCUT2D eigenvalue weighted by molar-refractivity contribution is 6.18. The Kier molecular flexibility index (Phi) is 6.46. The van der Waals surface area contributed by atoms with Gasteiger partial charge < -0.3 is 0 Å². The van der Waals surface area contributed by atoms with Crippen LogP contribution in [0.3, 0.4) is 0 Å². The number of rotatable bonds is 6. The van der Waals surface area contributed by atoms with Gasteiger partial charge in [0.2, 0.25) is 0 Å². The van der Waals surface area contributed by atoms with Crippen LogP contribution in [-0.4, -0.2) is 5.88 Å². The van der Waals surface area contributed by atoms with Gasteiger partial charge in [-0.05, 0) is 46.7 Å². The first kappa shape index (κ1) is 18.2. The van der Waals surface area contributed by atoms with Crippen molar-refractivity contribution in [3.05, 3.63) is 113 Å². The monoisotopic (exact) mass is 358 g/mol. The second-order valence-corrected chi connectivity index (χ2v) is 6.52. The number of halogens is 1. The summed E-state index contributed by atoms with van der Waals surface area (Å²) >= 11 is 6.19. The minimum absolute atomic E-state index is 0.594. The summed E-state index contributed by atoms with van der Waals surface area (Å²) in [5.41, 5.74) is 7.41. The van der Waals surface area contributed by atoms with Crippen molar-refractivity contribution >= 4 is 28.8 Å². The fourth-order valence-corrected chi connectivity index (χ4v) is 3.41. The molecule has 0 saturated heterocycles. The van der Waals surface area contributed by atoms with Gasteiger partial charge >= 0.3 is 0 Å². The molecular weight excluding hydrogens is 336 g/mol. The fourth-order valence-electron chi connectivity index (χ4n) is 3.22. The molecule has 0 radical (unpaired) electrons. The molecule has 0 unspecified atom stereocenters. The van der Waals surface area contributed by atoms with Gasteiger partial charge in [0.25, 0.3) is 0 Å². The molecular formula is C25H23Cl. The Morgan fingerprint density at radius 3 is 1.81 bits per heavy atom. The number of benzene rings is 3. The quantitative estimate of drug-likeness (QED) is 0.320. The summed E-state index contributed by atoms with van der Waals surface area (Å²) in [5.74, 6) is 0.594. The molecule has 1 heteroatoms. The van der Waals surface area contributed by atoms with E-state index in [0.29, 0.717) is 5.88 Å². The molecule has 0 aliphatic rings. The van der Waals surface area contributed by atoms with Crippen LogP contribution < -0.4 is 0 Å². The highest BCUT2D eigenvalue weighted by Gasteiger charge is 2.13. The van der Waals surface area contributed by atoms with Crippen LogP contribution in [0.2, 0.25) is 0 Å². The van der Waals surface area contributed by atoms with E-state index in [0.717, 1.165) is 6.42 Å². The Balaban J connectivity index is 2.22. The van der Waals surface area contributed by atoms with Gasteiger partial charge in [-0.25, -0.2) is 0 Å². The zero-order valence-corrected chi connectivity index (χ0v) is 15.8. The average Bonchev–Trinajstić information content (AvgIpc) is 2.70. The normalized spacial score (nSPS) is 12.2. The van der Waals surface area contributed by atoms with Crippen LogP contribution in [0, 0.1) is 0 Å². The van der Waals surface area contributed by atoms with Gasteiger partial charge in [0.15, 0.2) is 0 Å². The van der Waals surface area contributed by atoms with Crippen LogP contribution in [0.25, 0.3) is 17.2 Å². The lowest BCUT2D eigenvalue weighted by molar-refractivity contribution is 1.25. The zero-order valence-electron chi connectivity index (χ0n) is 15.0. The number of alkyl halides is 1. The minimum Gasteiger partial charge on any atom is -0.126 e. The molecule has 0 aliphatic heterocycles. The van der Waals surface area contributed by atoms with E-state index in [2.05, 4.69) is 97.1 Å². The van der Waals surface area contributed by atoms with E-state index in [1.54, 1.807) is 0 Å². The Morgan fingerprint density at radius 1 is 0.731 bits per heavy atom. The molecule has 0 aromatic heterocycles. The molecule has 0 fully saturated rings. The molecule has 0 bridgehead atoms. The molecule has 0 N–H and O–H groups in total. The molecule has 0 spiro atoms. The Hall–Kier alpha value is -2.57. The van der Waals surface area contributed by atoms with Crippen molar-refractivity contribution < 1.29 is 0 Å². The third-order valence-electron chi connectivity index (χ3n) is 4.39. The largest absolute Gasteiger partial charge is 0.126 e. The number of hydrogen-bond donors (Lipinski definition) is 0. The van der Waals surface area contributed by atoms with Gasteiger partial charge in [0, 0.05) is 5.88 Å². The van der Waals surface area contributed by atoms with Crippen LogP contribution in [0.4, 0.5) is 0 Å². The van der Waals surface area contributed by atoms with Crippen LogP contribution >= 0.6 is 11.6 Å². The first-order chi connectivity index (χ1) is 12.8. The first-order valence-electron chi connectivity index (χ1n) is 8.96.